The Balaban J connectivity index is 3.90. The van der Waals surface area contributed by atoms with Gasteiger partial charge in [-0.1, -0.05) is 69.1 Å². The molecule has 0 spiro atoms. The van der Waals surface area contributed by atoms with Crippen LogP contribution in [0.2, 0.25) is 0 Å². The van der Waals surface area contributed by atoms with Crippen molar-refractivity contribution in [2.75, 3.05) is 6.61 Å². The van der Waals surface area contributed by atoms with Gasteiger partial charge in [-0.25, -0.2) is 0 Å². The number of hydrogen-bond acceptors (Lipinski definition) is 4. The molecule has 5 heteroatoms. The Morgan fingerprint density at radius 3 is 2.39 bits per heavy atom. The molecule has 0 amide bonds. The van der Waals surface area contributed by atoms with E-state index in [1.165, 1.54) is 0 Å². The van der Waals surface area contributed by atoms with Crippen LogP contribution < -0.4 is 0 Å². The number of hydrogen-bond donors (Lipinski definition) is 4. The first-order valence-corrected chi connectivity index (χ1v) is 10.7. The number of carboxylic acid groups (broad SMARTS) is 1. The van der Waals surface area contributed by atoms with Gasteiger partial charge in [-0.05, 0) is 38.5 Å². The Labute approximate surface area is 170 Å². The molecule has 5 nitrogen and oxygen atoms in total. The Hall–Kier alpha value is -1.43. The molecule has 0 aliphatic heterocycles. The minimum atomic E-state index is -0.741. The van der Waals surface area contributed by atoms with Crippen LogP contribution in [0.1, 0.15) is 77.6 Å². The number of carbonyl (C=O) groups is 1. The normalized spacial score (nSPS) is 15.6. The molecule has 0 heterocycles. The van der Waals surface area contributed by atoms with Gasteiger partial charge in [0.25, 0.3) is 0 Å². The van der Waals surface area contributed by atoms with E-state index < -0.39 is 18.2 Å². The number of rotatable bonds is 18. The van der Waals surface area contributed by atoms with Gasteiger partial charge < -0.3 is 20.4 Å². The fraction of sp³-hybridized carbons (Fsp3) is 0.696. The van der Waals surface area contributed by atoms with Crippen molar-refractivity contribution in [3.63, 3.8) is 0 Å². The number of carboxylic acids is 1. The van der Waals surface area contributed by atoms with Crippen LogP contribution in [0.15, 0.2) is 36.5 Å². The minimum absolute atomic E-state index is 0.0227. The van der Waals surface area contributed by atoms with Crippen molar-refractivity contribution in [3.05, 3.63) is 36.5 Å². The Kier molecular flexibility index (Phi) is 17.9. The zero-order chi connectivity index (χ0) is 21.0. The smallest absolute Gasteiger partial charge is 0.303 e. The highest BCUT2D eigenvalue weighted by atomic mass is 16.4. The maximum absolute atomic E-state index is 10.4. The van der Waals surface area contributed by atoms with Crippen molar-refractivity contribution in [1.29, 1.82) is 0 Å². The van der Waals surface area contributed by atoms with Crippen molar-refractivity contribution < 1.29 is 25.2 Å². The van der Waals surface area contributed by atoms with E-state index in [0.717, 1.165) is 44.9 Å². The van der Waals surface area contributed by atoms with E-state index in [2.05, 4.69) is 6.92 Å². The average molecular weight is 397 g/mol. The highest BCUT2D eigenvalue weighted by Crippen LogP contribution is 2.15. The third kappa shape index (κ3) is 16.7. The van der Waals surface area contributed by atoms with E-state index in [9.17, 15) is 20.1 Å². The van der Waals surface area contributed by atoms with Crippen LogP contribution in [0, 0.1) is 5.92 Å². The van der Waals surface area contributed by atoms with E-state index in [4.69, 9.17) is 5.11 Å². The number of aliphatic hydroxyl groups excluding tert-OH is 3. The number of allylic oxidation sites excluding steroid dienone is 4. The third-order valence-corrected chi connectivity index (χ3v) is 4.71. The molecule has 0 saturated carbocycles. The van der Waals surface area contributed by atoms with E-state index in [-0.39, 0.29) is 18.9 Å². The summed E-state index contributed by atoms with van der Waals surface area (Å²) < 4.78 is 0. The van der Waals surface area contributed by atoms with E-state index in [0.29, 0.717) is 19.3 Å². The van der Waals surface area contributed by atoms with Crippen LogP contribution >= 0.6 is 0 Å². The zero-order valence-electron chi connectivity index (χ0n) is 17.4. The Bertz CT molecular complexity index is 456. The summed E-state index contributed by atoms with van der Waals surface area (Å²) in [6.07, 6.45) is 19.1. The first-order chi connectivity index (χ1) is 13.5. The van der Waals surface area contributed by atoms with Crippen molar-refractivity contribution in [2.24, 2.45) is 5.92 Å². The Morgan fingerprint density at radius 1 is 0.929 bits per heavy atom. The van der Waals surface area contributed by atoms with Gasteiger partial charge in [0.05, 0.1) is 12.2 Å². The molecule has 0 rings (SSSR count). The van der Waals surface area contributed by atoms with Crippen LogP contribution in [0.25, 0.3) is 0 Å². The van der Waals surface area contributed by atoms with E-state index in [1.54, 1.807) is 12.2 Å². The number of aliphatic hydroxyl groups is 3. The number of unbranched alkanes of at least 4 members (excludes halogenated alkanes) is 5. The molecule has 0 bridgehead atoms. The lowest BCUT2D eigenvalue weighted by Crippen LogP contribution is -2.23. The molecular weight excluding hydrogens is 356 g/mol. The van der Waals surface area contributed by atoms with Gasteiger partial charge in [0.2, 0.25) is 0 Å². The quantitative estimate of drug-likeness (QED) is 0.157. The maximum atomic E-state index is 10.4. The number of aliphatic carboxylic acids is 1. The predicted octanol–water partition coefficient (Wildman–Crippen LogP) is 4.38. The molecule has 4 N–H and O–H groups in total. The average Bonchev–Trinajstić information content (AvgIpc) is 2.66. The maximum Gasteiger partial charge on any atom is 0.303 e. The summed E-state index contributed by atoms with van der Waals surface area (Å²) in [5.74, 6) is -0.876. The summed E-state index contributed by atoms with van der Waals surface area (Å²) >= 11 is 0. The van der Waals surface area contributed by atoms with Gasteiger partial charge >= 0.3 is 5.97 Å². The summed E-state index contributed by atoms with van der Waals surface area (Å²) in [7, 11) is 0. The minimum Gasteiger partial charge on any atom is -0.481 e. The topological polar surface area (TPSA) is 98.0 Å². The summed E-state index contributed by atoms with van der Waals surface area (Å²) in [5.41, 5.74) is 0. The molecule has 0 aromatic carbocycles. The standard InChI is InChI=1S/C23H40O5/c1-2-3-9-17-22(26)20(19-24)14-10-8-12-16-21(25)15-11-6-4-5-7-13-18-23(27)28/h6,8,10-12,16,20-22,24-26H,2-5,7,9,13-15,17-19H2,1H3,(H,27,28)/b10-8-,11-6-,16-12-. The summed E-state index contributed by atoms with van der Waals surface area (Å²) in [6, 6.07) is 0. The molecule has 0 aliphatic carbocycles. The van der Waals surface area contributed by atoms with Crippen LogP contribution in [0.5, 0.6) is 0 Å². The zero-order valence-corrected chi connectivity index (χ0v) is 17.4. The first kappa shape index (κ1) is 26.6. The predicted molar refractivity (Wildman–Crippen MR) is 114 cm³/mol. The van der Waals surface area contributed by atoms with Crippen molar-refractivity contribution >= 4 is 5.97 Å². The molecule has 28 heavy (non-hydrogen) atoms. The SMILES string of the molecule is CCCCCC(O)C(CO)C/C=C\C=C/C(O)C/C=C\CCCCCC(=O)O. The molecule has 0 saturated heterocycles. The summed E-state index contributed by atoms with van der Waals surface area (Å²) in [5, 5.41) is 38.0. The van der Waals surface area contributed by atoms with Gasteiger partial charge in [-0.15, -0.1) is 0 Å². The van der Waals surface area contributed by atoms with Crippen LogP contribution in [-0.2, 0) is 4.79 Å². The molecule has 0 aromatic heterocycles. The molecule has 3 atom stereocenters. The second kappa shape index (κ2) is 18.9. The molecule has 162 valence electrons. The fourth-order valence-corrected chi connectivity index (χ4v) is 2.86. The monoisotopic (exact) mass is 396 g/mol. The van der Waals surface area contributed by atoms with Crippen molar-refractivity contribution in [2.45, 2.75) is 89.8 Å². The van der Waals surface area contributed by atoms with Gasteiger partial charge in [0.15, 0.2) is 0 Å². The van der Waals surface area contributed by atoms with Crippen LogP contribution in [0.4, 0.5) is 0 Å². The lowest BCUT2D eigenvalue weighted by atomic mass is 9.95. The van der Waals surface area contributed by atoms with Gasteiger partial charge in [0, 0.05) is 18.9 Å². The van der Waals surface area contributed by atoms with Gasteiger partial charge in [-0.2, -0.15) is 0 Å². The van der Waals surface area contributed by atoms with Gasteiger partial charge in [0.1, 0.15) is 0 Å². The van der Waals surface area contributed by atoms with E-state index in [1.807, 2.05) is 24.3 Å². The third-order valence-electron chi connectivity index (χ3n) is 4.71. The van der Waals surface area contributed by atoms with Gasteiger partial charge in [-0.3, -0.25) is 4.79 Å². The van der Waals surface area contributed by atoms with Crippen molar-refractivity contribution in [3.8, 4) is 0 Å². The molecule has 0 aliphatic rings. The van der Waals surface area contributed by atoms with Crippen molar-refractivity contribution in [1.82, 2.24) is 0 Å². The Morgan fingerprint density at radius 2 is 1.71 bits per heavy atom. The summed E-state index contributed by atoms with van der Waals surface area (Å²) in [6.45, 7) is 2.10. The fourth-order valence-electron chi connectivity index (χ4n) is 2.86. The molecule has 0 radical (unpaired) electrons. The molecule has 0 fully saturated rings. The first-order valence-electron chi connectivity index (χ1n) is 10.7. The lowest BCUT2D eigenvalue weighted by molar-refractivity contribution is -0.137. The second-order valence-corrected chi connectivity index (χ2v) is 7.32. The lowest BCUT2D eigenvalue weighted by Gasteiger charge is -2.19. The highest BCUT2D eigenvalue weighted by Gasteiger charge is 2.16. The van der Waals surface area contributed by atoms with E-state index >= 15 is 0 Å². The molecular formula is C23H40O5. The van der Waals surface area contributed by atoms with Crippen LogP contribution in [0.3, 0.4) is 0 Å². The summed E-state index contributed by atoms with van der Waals surface area (Å²) in [4.78, 5) is 10.4. The second-order valence-electron chi connectivity index (χ2n) is 7.32. The molecule has 3 unspecified atom stereocenters. The highest BCUT2D eigenvalue weighted by molar-refractivity contribution is 5.66. The molecule has 0 aromatic rings. The largest absolute Gasteiger partial charge is 0.481 e. The van der Waals surface area contributed by atoms with Crippen LogP contribution in [-0.4, -0.2) is 45.2 Å².